The Morgan fingerprint density at radius 1 is 0.496 bits per heavy atom. The number of carbonyl (C=O) groups excluding carboxylic acids is 1. The number of para-hydroxylation sites is 4. The number of imidazole rings is 4. The third-order valence-corrected chi connectivity index (χ3v) is 19.1. The van der Waals surface area contributed by atoms with E-state index in [4.69, 9.17) is 30.1 Å². The zero-order valence-corrected chi connectivity index (χ0v) is 79.2. The summed E-state index contributed by atoms with van der Waals surface area (Å²) in [7, 11) is 3.88. The van der Waals surface area contributed by atoms with Gasteiger partial charge in [-0.05, 0) is 100.0 Å². The maximum Gasteiger partial charge on any atom is 3.00 e. The molecular formula is C105H82F2Ir4N12O4-5. The minimum Gasteiger partial charge on any atom is -0.808 e. The fraction of sp³-hybridized carbons (Fsp3) is 0.0857. The van der Waals surface area contributed by atoms with Crippen LogP contribution in [0.5, 0.6) is 0 Å². The van der Waals surface area contributed by atoms with E-state index in [2.05, 4.69) is 167 Å². The molecule has 8 heterocycles. The second-order valence-electron chi connectivity index (χ2n) is 28.4. The number of benzene rings is 12. The van der Waals surface area contributed by atoms with Gasteiger partial charge in [0.25, 0.3) is 0 Å². The summed E-state index contributed by atoms with van der Waals surface area (Å²) in [6.45, 7) is 7.81. The zero-order valence-electron chi connectivity index (χ0n) is 69.6. The number of hydrogen-bond donors (Lipinski definition) is 1. The molecule has 0 atom stereocenters. The van der Waals surface area contributed by atoms with Crippen LogP contribution < -0.4 is 18.3 Å². The molecule has 0 fully saturated rings. The molecule has 0 aliphatic carbocycles. The van der Waals surface area contributed by atoms with E-state index in [0.717, 1.165) is 131 Å². The number of allylic oxidation sites excluding steroid dienone is 4. The first-order valence-electron chi connectivity index (χ1n) is 39.5. The van der Waals surface area contributed by atoms with Crippen molar-refractivity contribution in [3.8, 4) is 67.5 Å². The molecule has 20 rings (SSSR count). The number of aromatic nitrogens is 10. The van der Waals surface area contributed by atoms with E-state index in [-0.39, 0.29) is 103 Å². The van der Waals surface area contributed by atoms with Crippen LogP contribution in [-0.2, 0) is 112 Å². The zero-order chi connectivity index (χ0) is 85.6. The molecule has 127 heavy (non-hydrogen) atoms. The molecular weight excluding hydrogens is 2300 g/mol. The van der Waals surface area contributed by atoms with Gasteiger partial charge in [-0.3, -0.25) is 18.6 Å². The van der Waals surface area contributed by atoms with Crippen molar-refractivity contribution in [1.29, 1.82) is 0 Å². The number of pyridine rings is 2. The summed E-state index contributed by atoms with van der Waals surface area (Å²) in [5.74, 6) is -1.36. The Kier molecular flexibility index (Phi) is 35.3. The van der Waals surface area contributed by atoms with Gasteiger partial charge in [-0.2, -0.15) is 108 Å². The van der Waals surface area contributed by atoms with Gasteiger partial charge < -0.3 is 66.6 Å². The quantitative estimate of drug-likeness (QED) is 0.0373. The second kappa shape index (κ2) is 46.7. The number of carbonyl (C=O) groups is 1. The van der Waals surface area contributed by atoms with Crippen molar-refractivity contribution in [2.75, 3.05) is 0 Å². The molecule has 0 bridgehead atoms. The van der Waals surface area contributed by atoms with Crippen LogP contribution in [0.15, 0.2) is 361 Å². The molecule has 0 amide bonds. The number of nitrogens with one attached hydrogen (secondary N) is 1. The molecule has 22 heteroatoms. The summed E-state index contributed by atoms with van der Waals surface area (Å²) >= 11 is 0. The van der Waals surface area contributed by atoms with E-state index in [1.807, 2.05) is 261 Å². The molecule has 0 aliphatic rings. The van der Waals surface area contributed by atoms with Crippen molar-refractivity contribution >= 4 is 77.0 Å². The SMILES string of the molecule is CC(=O)C=C(C)O.CC(=[N-])C=C(C)[NH-].Cn1[c-][n+](-c2[c-]ccc3c2oc2ccccc23)cc1.Cn1[c-][n+](-c2[c-]ccc3c2oc2ccccc23)cc1.Fc1c[c-]c(-c2nccc3ccccc23)c(F)c1.[Ir+3].[Ir].[Ir].[Ir].[c-]1ccccc1-[n+]1[c-]n(CCCn2[c-][n+](-c3[c-]cccc3)cc2)cc1.[c-]1ccccc1-c1cc(-c2ccccc2)c2cc(-c3ccccc3)ccc2n1. The standard InChI is InChI=1S/C27H18N.C21H18N4.2C16H11N2O.C15H8F2N.C5H8N2.C5H8O2.4Ir/c1-4-10-20(11-5-1)23-16-17-26-25(18-23)24(21-12-6-2-7-13-21)19-27(28-26)22-14-8-3-9-15-22;1-3-8-20(9-4-1)24-16-14-22(18-24)12-7-13-23-15-17-25(19-23)21-10-5-2-6-11-21;2*1-17-9-10-18(11-17)14-7-4-6-13-12-5-2-3-8-15(12)19-16(13)14;16-11-5-6-13(14(17)9-11)15-12-4-2-1-3-10(12)7-8-18-15;2*1-4(6)3-5(2)7;;;;/h1-14,16-19H;1-6,8,10,14-17H,7,12-13H2;2*2-6,8-10H,1H3;1-5,7-9H;2*3,6H,1-2H3;;;;/q-1;-2;3*-1;-2;;;;;+3. The first kappa shape index (κ1) is 96.0. The van der Waals surface area contributed by atoms with Gasteiger partial charge in [-0.1, -0.05) is 181 Å². The maximum absolute atomic E-state index is 13.8. The summed E-state index contributed by atoms with van der Waals surface area (Å²) in [6, 6.07) is 108. The fourth-order valence-corrected chi connectivity index (χ4v) is 13.6. The first-order valence-corrected chi connectivity index (χ1v) is 39.5. The Labute approximate surface area is 790 Å². The number of halogens is 2. The minimum absolute atomic E-state index is 0. The molecule has 0 saturated carbocycles. The average molecular weight is 2380 g/mol. The summed E-state index contributed by atoms with van der Waals surface area (Å²) in [5, 5.41) is 24.2. The van der Waals surface area contributed by atoms with Crippen LogP contribution in [0.3, 0.4) is 0 Å². The number of ketones is 1. The maximum atomic E-state index is 13.8. The van der Waals surface area contributed by atoms with Crippen LogP contribution in [0.1, 0.15) is 34.1 Å². The predicted molar refractivity (Wildman–Crippen MR) is 478 cm³/mol. The van der Waals surface area contributed by atoms with Gasteiger partial charge in [0.05, 0.1) is 38.5 Å². The Morgan fingerprint density at radius 2 is 1.00 bits per heavy atom. The van der Waals surface area contributed by atoms with Crippen molar-refractivity contribution in [3.05, 3.63) is 437 Å². The van der Waals surface area contributed by atoms with E-state index in [9.17, 15) is 13.6 Å². The smallest absolute Gasteiger partial charge is 0.808 e. The first-order chi connectivity index (χ1) is 59.9. The topological polar surface area (TPSA) is 171 Å². The third-order valence-electron chi connectivity index (χ3n) is 19.1. The number of aliphatic hydroxyl groups excluding tert-OH is 1. The largest absolute Gasteiger partial charge is 3.00 e. The van der Waals surface area contributed by atoms with E-state index in [1.165, 1.54) is 55.2 Å². The summed E-state index contributed by atoms with van der Waals surface area (Å²) in [4.78, 5) is 19.1. The van der Waals surface area contributed by atoms with Crippen LogP contribution in [0.25, 0.3) is 144 Å². The number of aryl methyl sites for hydroxylation is 4. The molecule has 0 spiro atoms. The van der Waals surface area contributed by atoms with Crippen LogP contribution in [0.2, 0.25) is 0 Å². The number of aliphatic hydroxyl groups is 1. The molecule has 2 N–H and O–H groups in total. The van der Waals surface area contributed by atoms with E-state index in [1.54, 1.807) is 13.1 Å². The van der Waals surface area contributed by atoms with Gasteiger partial charge in [-0.15, -0.1) is 54.1 Å². The fourth-order valence-electron chi connectivity index (χ4n) is 13.6. The van der Waals surface area contributed by atoms with E-state index >= 15 is 0 Å². The summed E-state index contributed by atoms with van der Waals surface area (Å²) < 4.78 is 54.2. The normalized spacial score (nSPS) is 10.7. The molecule has 16 nitrogen and oxygen atoms in total. The Balaban J connectivity index is 0.000000159. The number of rotatable bonds is 14. The third kappa shape index (κ3) is 25.3. The molecule has 3 radical (unpaired) electrons. The molecule has 0 unspecified atom stereocenters. The molecule has 641 valence electrons. The molecule has 8 aromatic heterocycles. The van der Waals surface area contributed by atoms with Crippen molar-refractivity contribution in [3.63, 3.8) is 0 Å². The summed E-state index contributed by atoms with van der Waals surface area (Å²) in [6.07, 6.45) is 34.0. The monoisotopic (exact) mass is 2380 g/mol. The van der Waals surface area contributed by atoms with Crippen LogP contribution in [0.4, 0.5) is 8.78 Å². The number of fused-ring (bicyclic) bond motifs is 8. The van der Waals surface area contributed by atoms with Crippen LogP contribution >= 0.6 is 0 Å². The second-order valence-corrected chi connectivity index (χ2v) is 28.4. The van der Waals surface area contributed by atoms with Gasteiger partial charge in [-0.25, -0.2) is 0 Å². The van der Waals surface area contributed by atoms with Gasteiger partial charge in [0.2, 0.25) is 25.3 Å². The molecule has 20 aromatic rings. The van der Waals surface area contributed by atoms with Crippen molar-refractivity contribution in [2.45, 2.75) is 47.2 Å². The van der Waals surface area contributed by atoms with Crippen LogP contribution in [-0.4, -0.2) is 44.8 Å². The molecule has 12 aromatic carbocycles. The van der Waals surface area contributed by atoms with Gasteiger partial charge in [0.15, 0.2) is 5.78 Å². The van der Waals surface area contributed by atoms with Crippen LogP contribution in [0, 0.1) is 73.3 Å². The minimum atomic E-state index is -0.654. The number of nitrogens with zero attached hydrogens (tertiary/aromatic N) is 11. The van der Waals surface area contributed by atoms with E-state index in [0.29, 0.717) is 11.4 Å². The summed E-state index contributed by atoms with van der Waals surface area (Å²) in [5.41, 5.74) is 23.0. The number of hydrogen-bond acceptors (Lipinski definition) is 6. The van der Waals surface area contributed by atoms with Gasteiger partial charge in [0, 0.05) is 168 Å². The number of furan rings is 2. The Morgan fingerprint density at radius 3 is 1.47 bits per heavy atom. The van der Waals surface area contributed by atoms with Crippen molar-refractivity contribution < 1.29 is 126 Å². The predicted octanol–water partition coefficient (Wildman–Crippen LogP) is 21.8. The average Bonchev–Trinajstić information content (AvgIpc) is 1.76. The van der Waals surface area contributed by atoms with Crippen molar-refractivity contribution in [1.82, 2.24) is 28.2 Å². The van der Waals surface area contributed by atoms with Gasteiger partial charge in [0.1, 0.15) is 11.2 Å². The molecule has 0 saturated heterocycles. The van der Waals surface area contributed by atoms with Gasteiger partial charge >= 0.3 is 20.1 Å². The van der Waals surface area contributed by atoms with E-state index < -0.39 is 11.6 Å². The molecule has 0 aliphatic heterocycles. The van der Waals surface area contributed by atoms with Crippen molar-refractivity contribution in [2.24, 2.45) is 14.1 Å². The Bertz CT molecular complexity index is 6790. The Hall–Kier alpha value is -13.2.